The van der Waals surface area contributed by atoms with E-state index in [0.29, 0.717) is 13.1 Å². The normalized spacial score (nSPS) is 12.1. The lowest BCUT2D eigenvalue weighted by molar-refractivity contribution is 0.174. The van der Waals surface area contributed by atoms with Crippen LogP contribution >= 0.6 is 0 Å². The number of benzene rings is 2. The number of anilines is 1. The van der Waals surface area contributed by atoms with E-state index in [1.807, 2.05) is 37.3 Å². The molecule has 0 spiro atoms. The lowest BCUT2D eigenvalue weighted by Crippen LogP contribution is -2.34. The lowest BCUT2D eigenvalue weighted by Gasteiger charge is -2.21. The zero-order valence-corrected chi connectivity index (χ0v) is 14.7. The Morgan fingerprint density at radius 2 is 1.76 bits per heavy atom. The SMILES string of the molecule is CCCc1ccc(NC(=O)N(CC)Cc2ccc3c(c2)OCO3)cc1. The van der Waals surface area contributed by atoms with Crippen LogP contribution in [0.4, 0.5) is 10.5 Å². The molecule has 132 valence electrons. The summed E-state index contributed by atoms with van der Waals surface area (Å²) in [4.78, 5) is 14.3. The van der Waals surface area contributed by atoms with Crippen molar-refractivity contribution in [2.75, 3.05) is 18.7 Å². The number of nitrogens with one attached hydrogen (secondary N) is 1. The van der Waals surface area contributed by atoms with Gasteiger partial charge in [0.15, 0.2) is 11.5 Å². The molecule has 0 unspecified atom stereocenters. The second kappa shape index (κ2) is 7.92. The summed E-state index contributed by atoms with van der Waals surface area (Å²) in [6.45, 7) is 5.52. The number of carbonyl (C=O) groups is 1. The Morgan fingerprint density at radius 1 is 1.04 bits per heavy atom. The Balaban J connectivity index is 1.62. The summed E-state index contributed by atoms with van der Waals surface area (Å²) < 4.78 is 10.7. The fourth-order valence-electron chi connectivity index (χ4n) is 2.83. The van der Waals surface area contributed by atoms with Crippen molar-refractivity contribution in [3.05, 3.63) is 53.6 Å². The maximum Gasteiger partial charge on any atom is 0.322 e. The highest BCUT2D eigenvalue weighted by Crippen LogP contribution is 2.32. The summed E-state index contributed by atoms with van der Waals surface area (Å²) in [5.41, 5.74) is 3.11. The van der Waals surface area contributed by atoms with E-state index in [0.717, 1.165) is 35.6 Å². The van der Waals surface area contributed by atoms with Crippen LogP contribution < -0.4 is 14.8 Å². The average molecular weight is 340 g/mol. The number of nitrogens with zero attached hydrogens (tertiary/aromatic N) is 1. The Labute approximate surface area is 148 Å². The van der Waals surface area contributed by atoms with Gasteiger partial charge < -0.3 is 19.7 Å². The number of rotatable bonds is 6. The molecule has 0 radical (unpaired) electrons. The summed E-state index contributed by atoms with van der Waals surface area (Å²) in [5.74, 6) is 1.49. The van der Waals surface area contributed by atoms with E-state index in [-0.39, 0.29) is 12.8 Å². The van der Waals surface area contributed by atoms with Gasteiger partial charge in [0.1, 0.15) is 0 Å². The Morgan fingerprint density at radius 3 is 2.48 bits per heavy atom. The van der Waals surface area contributed by atoms with Gasteiger partial charge in [-0.3, -0.25) is 0 Å². The van der Waals surface area contributed by atoms with Crippen molar-refractivity contribution in [1.82, 2.24) is 4.90 Å². The summed E-state index contributed by atoms with van der Waals surface area (Å²) >= 11 is 0. The van der Waals surface area contributed by atoms with Crippen LogP contribution in [0.1, 0.15) is 31.4 Å². The molecule has 0 bridgehead atoms. The minimum atomic E-state index is -0.108. The Kier molecular flexibility index (Phi) is 5.43. The van der Waals surface area contributed by atoms with Gasteiger partial charge in [-0.15, -0.1) is 0 Å². The fraction of sp³-hybridized carbons (Fsp3) is 0.350. The first-order valence-corrected chi connectivity index (χ1v) is 8.73. The first-order valence-electron chi connectivity index (χ1n) is 8.73. The van der Waals surface area contributed by atoms with E-state index in [9.17, 15) is 4.79 Å². The van der Waals surface area contributed by atoms with Crippen LogP contribution in [0.15, 0.2) is 42.5 Å². The van der Waals surface area contributed by atoms with Crippen molar-refractivity contribution in [3.63, 3.8) is 0 Å². The highest BCUT2D eigenvalue weighted by atomic mass is 16.7. The molecule has 0 atom stereocenters. The smallest absolute Gasteiger partial charge is 0.322 e. The summed E-state index contributed by atoms with van der Waals surface area (Å²) in [6, 6.07) is 13.7. The number of urea groups is 1. The van der Waals surface area contributed by atoms with Crippen LogP contribution in [0.25, 0.3) is 0 Å². The molecule has 0 aromatic heterocycles. The van der Waals surface area contributed by atoms with E-state index < -0.39 is 0 Å². The Hall–Kier alpha value is -2.69. The predicted octanol–water partition coefficient (Wildman–Crippen LogP) is 4.42. The fourth-order valence-corrected chi connectivity index (χ4v) is 2.83. The zero-order valence-electron chi connectivity index (χ0n) is 14.7. The minimum absolute atomic E-state index is 0.108. The van der Waals surface area contributed by atoms with E-state index in [2.05, 4.69) is 24.4 Å². The third-order valence-electron chi connectivity index (χ3n) is 4.22. The lowest BCUT2D eigenvalue weighted by atomic mass is 10.1. The molecule has 25 heavy (non-hydrogen) atoms. The number of hydrogen-bond donors (Lipinski definition) is 1. The van der Waals surface area contributed by atoms with E-state index in [1.165, 1.54) is 5.56 Å². The van der Waals surface area contributed by atoms with Crippen molar-refractivity contribution >= 4 is 11.7 Å². The van der Waals surface area contributed by atoms with Crippen LogP contribution in [0.3, 0.4) is 0 Å². The molecule has 0 aliphatic carbocycles. The van der Waals surface area contributed by atoms with Gasteiger partial charge >= 0.3 is 6.03 Å². The number of ether oxygens (including phenoxy) is 2. The molecule has 2 aromatic carbocycles. The van der Waals surface area contributed by atoms with E-state index in [1.54, 1.807) is 4.90 Å². The molecule has 0 fully saturated rings. The van der Waals surface area contributed by atoms with E-state index in [4.69, 9.17) is 9.47 Å². The molecule has 1 aliphatic heterocycles. The number of aryl methyl sites for hydroxylation is 1. The maximum atomic E-state index is 12.6. The highest BCUT2D eigenvalue weighted by Gasteiger charge is 2.16. The van der Waals surface area contributed by atoms with Gasteiger partial charge in [-0.25, -0.2) is 4.79 Å². The van der Waals surface area contributed by atoms with Crippen LogP contribution in [0, 0.1) is 0 Å². The second-order valence-corrected chi connectivity index (χ2v) is 6.08. The standard InChI is InChI=1S/C20H24N2O3/c1-3-5-15-6-9-17(10-7-15)21-20(23)22(4-2)13-16-8-11-18-19(12-16)25-14-24-18/h6-12H,3-5,13-14H2,1-2H3,(H,21,23). The van der Waals surface area contributed by atoms with Gasteiger partial charge in [-0.1, -0.05) is 31.5 Å². The average Bonchev–Trinajstić information content (AvgIpc) is 3.09. The molecule has 1 aliphatic rings. The van der Waals surface area contributed by atoms with Gasteiger partial charge in [0.25, 0.3) is 0 Å². The molecule has 5 heteroatoms. The van der Waals surface area contributed by atoms with Gasteiger partial charge in [0.05, 0.1) is 0 Å². The van der Waals surface area contributed by atoms with Gasteiger partial charge in [0, 0.05) is 18.8 Å². The Bertz CT molecular complexity index is 728. The zero-order chi connectivity index (χ0) is 17.6. The van der Waals surface area contributed by atoms with Crippen LogP contribution in [-0.4, -0.2) is 24.3 Å². The molecule has 1 heterocycles. The quantitative estimate of drug-likeness (QED) is 0.847. The third kappa shape index (κ3) is 4.24. The van der Waals surface area contributed by atoms with E-state index >= 15 is 0 Å². The number of carbonyl (C=O) groups excluding carboxylic acids is 1. The number of amides is 2. The van der Waals surface area contributed by atoms with Gasteiger partial charge in [-0.05, 0) is 48.7 Å². The van der Waals surface area contributed by atoms with Gasteiger partial charge in [-0.2, -0.15) is 0 Å². The van der Waals surface area contributed by atoms with Crippen molar-refractivity contribution < 1.29 is 14.3 Å². The minimum Gasteiger partial charge on any atom is -0.454 e. The molecule has 2 amide bonds. The highest BCUT2D eigenvalue weighted by molar-refractivity contribution is 5.89. The first kappa shape index (κ1) is 17.1. The first-order chi connectivity index (χ1) is 12.2. The molecular formula is C20H24N2O3. The predicted molar refractivity (Wildman–Crippen MR) is 98.1 cm³/mol. The van der Waals surface area contributed by atoms with Crippen molar-refractivity contribution in [3.8, 4) is 11.5 Å². The van der Waals surface area contributed by atoms with Crippen molar-refractivity contribution in [2.24, 2.45) is 0 Å². The third-order valence-corrected chi connectivity index (χ3v) is 4.22. The topological polar surface area (TPSA) is 50.8 Å². The molecule has 0 saturated carbocycles. The van der Waals surface area contributed by atoms with Crippen LogP contribution in [0.5, 0.6) is 11.5 Å². The molecular weight excluding hydrogens is 316 g/mol. The van der Waals surface area contributed by atoms with Gasteiger partial charge in [0.2, 0.25) is 6.79 Å². The van der Waals surface area contributed by atoms with Crippen LogP contribution in [-0.2, 0) is 13.0 Å². The number of fused-ring (bicyclic) bond motifs is 1. The molecule has 2 aromatic rings. The summed E-state index contributed by atoms with van der Waals surface area (Å²) in [5, 5.41) is 2.97. The van der Waals surface area contributed by atoms with Crippen LogP contribution in [0.2, 0.25) is 0 Å². The van der Waals surface area contributed by atoms with Crippen molar-refractivity contribution in [2.45, 2.75) is 33.2 Å². The maximum absolute atomic E-state index is 12.6. The summed E-state index contributed by atoms with van der Waals surface area (Å²) in [7, 11) is 0. The number of hydrogen-bond acceptors (Lipinski definition) is 3. The molecule has 5 nitrogen and oxygen atoms in total. The molecule has 0 saturated heterocycles. The monoisotopic (exact) mass is 340 g/mol. The molecule has 1 N–H and O–H groups in total. The largest absolute Gasteiger partial charge is 0.454 e. The second-order valence-electron chi connectivity index (χ2n) is 6.08. The summed E-state index contributed by atoms with van der Waals surface area (Å²) in [6.07, 6.45) is 2.17. The van der Waals surface area contributed by atoms with Crippen molar-refractivity contribution in [1.29, 1.82) is 0 Å². The molecule has 3 rings (SSSR count).